The van der Waals surface area contributed by atoms with E-state index >= 15 is 0 Å². The summed E-state index contributed by atoms with van der Waals surface area (Å²) in [6, 6.07) is 12.5. The van der Waals surface area contributed by atoms with Crippen molar-refractivity contribution in [2.75, 3.05) is 12.8 Å². The number of pyridine rings is 1. The Hall–Kier alpha value is -5.46. The number of aromatic nitrogens is 1. The lowest BCUT2D eigenvalue weighted by Crippen LogP contribution is -2.00. The van der Waals surface area contributed by atoms with Gasteiger partial charge in [0.1, 0.15) is 5.75 Å². The van der Waals surface area contributed by atoms with Crippen molar-refractivity contribution >= 4 is 39.4 Å². The van der Waals surface area contributed by atoms with Gasteiger partial charge in [0.05, 0.1) is 44.7 Å². The van der Waals surface area contributed by atoms with Crippen LogP contribution in [-0.4, -0.2) is 32.6 Å². The number of ketones is 1. The van der Waals surface area contributed by atoms with E-state index in [1.165, 1.54) is 6.07 Å². The number of hydrogen-bond donors (Lipinski definition) is 1. The molecule has 4 aromatic rings. The molecule has 1 aromatic heterocycles. The van der Waals surface area contributed by atoms with Crippen LogP contribution in [0, 0.1) is 30.3 Å². The van der Waals surface area contributed by atoms with E-state index in [9.17, 15) is 35.1 Å². The van der Waals surface area contributed by atoms with Gasteiger partial charge in [-0.15, -0.1) is 0 Å². The highest BCUT2D eigenvalue weighted by molar-refractivity contribution is 6.23. The molecule has 1 heterocycles. The molecule has 5 rings (SSSR count). The molecule has 13 nitrogen and oxygen atoms in total. The molecule has 3 aromatic carbocycles. The Morgan fingerprint density at radius 3 is 2.17 bits per heavy atom. The average Bonchev–Trinajstić information content (AvgIpc) is 3.15. The highest BCUT2D eigenvalue weighted by Gasteiger charge is 2.36. The minimum absolute atomic E-state index is 0.0597. The van der Waals surface area contributed by atoms with Crippen molar-refractivity contribution in [2.45, 2.75) is 0 Å². The molecule has 0 amide bonds. The molecule has 0 aliphatic heterocycles. The van der Waals surface area contributed by atoms with Crippen LogP contribution in [0.4, 0.5) is 22.7 Å². The van der Waals surface area contributed by atoms with Crippen LogP contribution < -0.4 is 10.5 Å². The lowest BCUT2D eigenvalue weighted by Gasteiger charge is -2.05. The topological polar surface area (TPSA) is 195 Å². The molecule has 0 fully saturated rings. The number of nitro groups is 3. The Bertz CT molecular complexity index is 1600. The second kappa shape index (κ2) is 9.06. The van der Waals surface area contributed by atoms with Gasteiger partial charge in [-0.3, -0.25) is 40.1 Å². The molecule has 1 aliphatic carbocycles. The fourth-order valence-electron chi connectivity index (χ4n) is 3.87. The van der Waals surface area contributed by atoms with E-state index in [-0.39, 0.29) is 27.9 Å². The van der Waals surface area contributed by atoms with Gasteiger partial charge in [-0.25, -0.2) is 0 Å². The summed E-state index contributed by atoms with van der Waals surface area (Å²) in [6.07, 6.45) is 1.72. The molecule has 0 radical (unpaired) electrons. The second-order valence-electron chi connectivity index (χ2n) is 7.47. The fraction of sp³-hybridized carbons (Fsp3) is 0.0435. The summed E-state index contributed by atoms with van der Waals surface area (Å²) in [5.74, 6) is 0.0859. The molecule has 180 valence electrons. The molecule has 2 N–H and O–H groups in total. The molecular weight excluding hydrogens is 474 g/mol. The third kappa shape index (κ3) is 4.00. The molecular formula is C23H15N5O8. The number of carbonyl (C=O) groups is 1. The SMILES string of the molecule is COc1ccc(N)c2ncccc12.O=C1c2cc([N+](=O)[O-])ccc2-c2c1cc([N+](=O)[O-])cc2[N+](=O)[O-]. The van der Waals surface area contributed by atoms with Gasteiger partial charge in [-0.05, 0) is 30.3 Å². The number of nitrogen functional groups attached to an aromatic ring is 1. The Balaban J connectivity index is 0.000000197. The van der Waals surface area contributed by atoms with Gasteiger partial charge in [-0.2, -0.15) is 0 Å². The number of carbonyl (C=O) groups excluding carboxylic acids is 1. The van der Waals surface area contributed by atoms with E-state index in [4.69, 9.17) is 10.5 Å². The molecule has 0 saturated carbocycles. The first kappa shape index (κ1) is 23.7. The Morgan fingerprint density at radius 2 is 1.53 bits per heavy atom. The summed E-state index contributed by atoms with van der Waals surface area (Å²) in [6.45, 7) is 0. The van der Waals surface area contributed by atoms with Crippen molar-refractivity contribution in [2.24, 2.45) is 0 Å². The van der Waals surface area contributed by atoms with Crippen LogP contribution in [0.1, 0.15) is 15.9 Å². The standard InChI is InChI=1S/C13H5N3O7.C10H10N2O/c17-13-9-3-6(14(18)19)1-2-8(9)12-10(13)4-7(15(20)21)5-11(12)16(22)23;1-13-9-5-4-8(11)10-7(9)3-2-6-12-10/h1-5H;2-6H,11H2,1H3. The zero-order chi connectivity index (χ0) is 26.1. The van der Waals surface area contributed by atoms with Crippen molar-refractivity contribution in [1.82, 2.24) is 4.98 Å². The molecule has 1 aliphatic rings. The quantitative estimate of drug-likeness (QED) is 0.214. The van der Waals surface area contributed by atoms with E-state index < -0.39 is 31.9 Å². The third-order valence-corrected chi connectivity index (χ3v) is 5.46. The lowest BCUT2D eigenvalue weighted by atomic mass is 10.0. The molecule has 13 heteroatoms. The Morgan fingerprint density at radius 1 is 0.833 bits per heavy atom. The summed E-state index contributed by atoms with van der Waals surface area (Å²) in [7, 11) is 1.64. The van der Waals surface area contributed by atoms with Crippen molar-refractivity contribution in [1.29, 1.82) is 0 Å². The van der Waals surface area contributed by atoms with Crippen LogP contribution in [-0.2, 0) is 0 Å². The molecule has 0 unspecified atom stereocenters. The van der Waals surface area contributed by atoms with Crippen LogP contribution in [0.3, 0.4) is 0 Å². The molecule has 0 atom stereocenters. The minimum Gasteiger partial charge on any atom is -0.496 e. The molecule has 0 bridgehead atoms. The smallest absolute Gasteiger partial charge is 0.284 e. The van der Waals surface area contributed by atoms with Crippen molar-refractivity contribution in [3.63, 3.8) is 0 Å². The third-order valence-electron chi connectivity index (χ3n) is 5.46. The van der Waals surface area contributed by atoms with Crippen molar-refractivity contribution in [3.8, 4) is 16.9 Å². The van der Waals surface area contributed by atoms with Gasteiger partial charge in [-0.1, -0.05) is 0 Å². The first-order chi connectivity index (χ1) is 17.1. The number of fused-ring (bicyclic) bond motifs is 4. The Labute approximate surface area is 201 Å². The van der Waals surface area contributed by atoms with E-state index in [2.05, 4.69) is 4.98 Å². The number of nitrogens with two attached hydrogens (primary N) is 1. The predicted octanol–water partition coefficient (Wildman–Crippen LogP) is 4.45. The summed E-state index contributed by atoms with van der Waals surface area (Å²) in [4.78, 5) is 47.0. The van der Waals surface area contributed by atoms with Crippen LogP contribution in [0.25, 0.3) is 22.0 Å². The van der Waals surface area contributed by atoms with Gasteiger partial charge in [0.25, 0.3) is 17.1 Å². The fourth-order valence-corrected chi connectivity index (χ4v) is 3.87. The predicted molar refractivity (Wildman–Crippen MR) is 128 cm³/mol. The van der Waals surface area contributed by atoms with E-state index in [1.54, 1.807) is 19.4 Å². The molecule has 36 heavy (non-hydrogen) atoms. The van der Waals surface area contributed by atoms with Gasteiger partial charge < -0.3 is 10.5 Å². The molecule has 0 saturated heterocycles. The maximum absolute atomic E-state index is 12.3. The number of rotatable bonds is 4. The van der Waals surface area contributed by atoms with Gasteiger partial charge in [0.15, 0.2) is 5.78 Å². The van der Waals surface area contributed by atoms with Crippen LogP contribution in [0.2, 0.25) is 0 Å². The molecule has 0 spiro atoms. The van der Waals surface area contributed by atoms with Gasteiger partial charge in [0, 0.05) is 46.5 Å². The zero-order valence-electron chi connectivity index (χ0n) is 18.4. The van der Waals surface area contributed by atoms with E-state index in [0.29, 0.717) is 5.69 Å². The van der Waals surface area contributed by atoms with Gasteiger partial charge >= 0.3 is 0 Å². The van der Waals surface area contributed by atoms with Crippen molar-refractivity contribution in [3.05, 3.63) is 102 Å². The number of methoxy groups -OCH3 is 1. The number of hydrogen-bond acceptors (Lipinski definition) is 10. The number of non-ortho nitro benzene ring substituents is 2. The van der Waals surface area contributed by atoms with Crippen LogP contribution >= 0.6 is 0 Å². The number of nitro benzene ring substituents is 3. The normalized spacial score (nSPS) is 11.2. The van der Waals surface area contributed by atoms with Crippen LogP contribution in [0.15, 0.2) is 60.8 Å². The summed E-state index contributed by atoms with van der Waals surface area (Å²) in [5, 5.41) is 33.8. The van der Waals surface area contributed by atoms with Gasteiger partial charge in [0.2, 0.25) is 0 Å². The number of anilines is 1. The van der Waals surface area contributed by atoms with E-state index in [1.807, 2.05) is 18.2 Å². The number of benzene rings is 3. The first-order valence-corrected chi connectivity index (χ1v) is 10.1. The highest BCUT2D eigenvalue weighted by Crippen LogP contribution is 2.45. The first-order valence-electron chi connectivity index (χ1n) is 10.1. The maximum Gasteiger partial charge on any atom is 0.284 e. The van der Waals surface area contributed by atoms with Crippen molar-refractivity contribution < 1.29 is 24.3 Å². The maximum atomic E-state index is 12.3. The Kier molecular flexibility index (Phi) is 5.96. The monoisotopic (exact) mass is 489 g/mol. The minimum atomic E-state index is -0.841. The summed E-state index contributed by atoms with van der Waals surface area (Å²) >= 11 is 0. The summed E-state index contributed by atoms with van der Waals surface area (Å²) in [5.41, 5.74) is 5.51. The average molecular weight is 489 g/mol. The highest BCUT2D eigenvalue weighted by atomic mass is 16.6. The van der Waals surface area contributed by atoms with Crippen LogP contribution in [0.5, 0.6) is 5.75 Å². The number of nitrogens with zero attached hydrogens (tertiary/aromatic N) is 4. The summed E-state index contributed by atoms with van der Waals surface area (Å²) < 4.78 is 5.19. The zero-order valence-corrected chi connectivity index (χ0v) is 18.4. The number of ether oxygens (including phenoxy) is 1. The second-order valence-corrected chi connectivity index (χ2v) is 7.47. The van der Waals surface area contributed by atoms with E-state index in [0.717, 1.165) is 40.9 Å². The largest absolute Gasteiger partial charge is 0.496 e. The lowest BCUT2D eigenvalue weighted by molar-refractivity contribution is -0.393.